The van der Waals surface area contributed by atoms with E-state index in [-0.39, 0.29) is 6.04 Å². The Kier molecular flexibility index (Phi) is 6.64. The molecule has 0 aliphatic rings. The van der Waals surface area contributed by atoms with Gasteiger partial charge >= 0.3 is 0 Å². The highest BCUT2D eigenvalue weighted by molar-refractivity contribution is 5.80. The second-order valence-corrected chi connectivity index (χ2v) is 6.27. The average Bonchev–Trinajstić information content (AvgIpc) is 2.72. The molecule has 0 N–H and O–H groups in total. The predicted molar refractivity (Wildman–Crippen MR) is 111 cm³/mol. The lowest BCUT2D eigenvalue weighted by Crippen LogP contribution is -1.99. The van der Waals surface area contributed by atoms with E-state index in [0.717, 1.165) is 28.2 Å². The van der Waals surface area contributed by atoms with Crippen LogP contribution in [0, 0.1) is 0 Å². The number of nitrogens with zero attached hydrogens (tertiary/aromatic N) is 1. The van der Waals surface area contributed by atoms with Crippen molar-refractivity contribution >= 4 is 6.21 Å². The Labute approximate surface area is 161 Å². The summed E-state index contributed by atoms with van der Waals surface area (Å²) < 4.78 is 11.6. The van der Waals surface area contributed by atoms with E-state index in [1.165, 1.54) is 0 Å². The molecular formula is C24H25NO2. The fourth-order valence-electron chi connectivity index (χ4n) is 2.82. The van der Waals surface area contributed by atoms with Gasteiger partial charge in [-0.25, -0.2) is 0 Å². The molecule has 0 aromatic heterocycles. The maximum Gasteiger partial charge on any atom is 0.124 e. The molecular weight excluding hydrogens is 334 g/mol. The van der Waals surface area contributed by atoms with Crippen molar-refractivity contribution in [2.24, 2.45) is 4.99 Å². The zero-order valence-corrected chi connectivity index (χ0v) is 15.8. The highest BCUT2D eigenvalue weighted by Crippen LogP contribution is 2.27. The van der Waals surface area contributed by atoms with Gasteiger partial charge in [-0.05, 0) is 43.2 Å². The lowest BCUT2D eigenvalue weighted by molar-refractivity contribution is 0.306. The van der Waals surface area contributed by atoms with E-state index in [9.17, 15) is 0 Å². The molecule has 1 unspecified atom stereocenters. The van der Waals surface area contributed by atoms with Crippen LogP contribution < -0.4 is 9.47 Å². The Morgan fingerprint density at radius 3 is 2.48 bits per heavy atom. The van der Waals surface area contributed by atoms with Crippen LogP contribution in [0.25, 0.3) is 0 Å². The molecule has 0 amide bonds. The van der Waals surface area contributed by atoms with E-state index in [1.807, 2.05) is 73.8 Å². The summed E-state index contributed by atoms with van der Waals surface area (Å²) >= 11 is 0. The first-order chi connectivity index (χ1) is 13.3. The Bertz CT molecular complexity index is 874. The molecule has 0 aliphatic heterocycles. The van der Waals surface area contributed by atoms with E-state index in [4.69, 9.17) is 14.5 Å². The summed E-state index contributed by atoms with van der Waals surface area (Å²) in [5.74, 6) is 1.73. The van der Waals surface area contributed by atoms with Gasteiger partial charge in [0.2, 0.25) is 0 Å². The van der Waals surface area contributed by atoms with E-state index < -0.39 is 0 Å². The third-order valence-corrected chi connectivity index (χ3v) is 4.22. The van der Waals surface area contributed by atoms with Crippen LogP contribution in [0.5, 0.6) is 11.5 Å². The maximum atomic E-state index is 5.89. The molecule has 0 spiro atoms. The van der Waals surface area contributed by atoms with Crippen LogP contribution in [0.2, 0.25) is 0 Å². The first-order valence-corrected chi connectivity index (χ1v) is 9.28. The molecule has 3 heteroatoms. The molecule has 3 nitrogen and oxygen atoms in total. The van der Waals surface area contributed by atoms with Gasteiger partial charge in [0.05, 0.1) is 12.6 Å². The van der Waals surface area contributed by atoms with E-state index in [1.54, 1.807) is 0 Å². The molecule has 0 bridgehead atoms. The standard InChI is InChI=1S/C24H25NO2/c1-3-26-24-15-8-7-14-23(24)19(2)25-17-21-12-9-13-22(16-21)27-18-20-10-5-4-6-11-20/h4-17,19H,3,18H2,1-2H3/b25-17+. The molecule has 3 aromatic carbocycles. The van der Waals surface area contributed by atoms with Gasteiger partial charge in [0.1, 0.15) is 18.1 Å². The predicted octanol–water partition coefficient (Wildman–Crippen LogP) is 5.84. The first kappa shape index (κ1) is 18.7. The summed E-state index contributed by atoms with van der Waals surface area (Å²) in [4.78, 5) is 4.71. The van der Waals surface area contributed by atoms with Crippen LogP contribution in [-0.2, 0) is 6.61 Å². The second kappa shape index (κ2) is 9.58. The molecule has 1 atom stereocenters. The van der Waals surface area contributed by atoms with Gasteiger partial charge in [-0.3, -0.25) is 4.99 Å². The van der Waals surface area contributed by atoms with Crippen LogP contribution in [0.4, 0.5) is 0 Å². The quantitative estimate of drug-likeness (QED) is 0.473. The Morgan fingerprint density at radius 2 is 1.67 bits per heavy atom. The highest BCUT2D eigenvalue weighted by atomic mass is 16.5. The highest BCUT2D eigenvalue weighted by Gasteiger charge is 2.09. The molecule has 0 saturated heterocycles. The van der Waals surface area contributed by atoms with Crippen molar-refractivity contribution in [2.45, 2.75) is 26.5 Å². The SMILES string of the molecule is CCOc1ccccc1C(C)/N=C/c1cccc(OCc2ccccc2)c1. The number of hydrogen-bond acceptors (Lipinski definition) is 3. The van der Waals surface area contributed by atoms with Crippen molar-refractivity contribution in [2.75, 3.05) is 6.61 Å². The second-order valence-electron chi connectivity index (χ2n) is 6.27. The van der Waals surface area contributed by atoms with Gasteiger partial charge in [0, 0.05) is 11.8 Å². The van der Waals surface area contributed by atoms with Gasteiger partial charge in [0.15, 0.2) is 0 Å². The minimum Gasteiger partial charge on any atom is -0.494 e. The van der Waals surface area contributed by atoms with Gasteiger partial charge < -0.3 is 9.47 Å². The topological polar surface area (TPSA) is 30.8 Å². The number of hydrogen-bond donors (Lipinski definition) is 0. The normalized spacial score (nSPS) is 12.1. The van der Waals surface area contributed by atoms with Crippen molar-refractivity contribution in [1.82, 2.24) is 0 Å². The summed E-state index contributed by atoms with van der Waals surface area (Å²) in [6.45, 7) is 5.27. The van der Waals surface area contributed by atoms with Crippen molar-refractivity contribution in [3.8, 4) is 11.5 Å². The lowest BCUT2D eigenvalue weighted by atomic mass is 10.1. The van der Waals surface area contributed by atoms with Gasteiger partial charge in [-0.15, -0.1) is 0 Å². The van der Waals surface area contributed by atoms with Crippen LogP contribution in [0.1, 0.15) is 36.6 Å². The summed E-state index contributed by atoms with van der Waals surface area (Å²) in [7, 11) is 0. The zero-order valence-electron chi connectivity index (χ0n) is 15.8. The van der Waals surface area contributed by atoms with E-state index in [0.29, 0.717) is 13.2 Å². The molecule has 0 aliphatic carbocycles. The van der Waals surface area contributed by atoms with Crippen LogP contribution in [-0.4, -0.2) is 12.8 Å². The monoisotopic (exact) mass is 359 g/mol. The van der Waals surface area contributed by atoms with Gasteiger partial charge in [-0.1, -0.05) is 60.7 Å². The largest absolute Gasteiger partial charge is 0.494 e. The number of para-hydroxylation sites is 1. The molecule has 0 saturated carbocycles. The van der Waals surface area contributed by atoms with Crippen molar-refractivity contribution < 1.29 is 9.47 Å². The third-order valence-electron chi connectivity index (χ3n) is 4.22. The Hall–Kier alpha value is -3.07. The van der Waals surface area contributed by atoms with Gasteiger partial charge in [0.25, 0.3) is 0 Å². The van der Waals surface area contributed by atoms with Crippen LogP contribution in [0.3, 0.4) is 0 Å². The number of ether oxygens (including phenoxy) is 2. The molecule has 0 heterocycles. The number of rotatable bonds is 8. The van der Waals surface area contributed by atoms with Crippen LogP contribution >= 0.6 is 0 Å². The minimum atomic E-state index is 0.0154. The summed E-state index contributed by atoms with van der Waals surface area (Å²) in [6.07, 6.45) is 1.89. The van der Waals surface area contributed by atoms with Crippen molar-refractivity contribution in [1.29, 1.82) is 0 Å². The maximum absolute atomic E-state index is 5.89. The Balaban J connectivity index is 1.67. The third kappa shape index (κ3) is 5.45. The van der Waals surface area contributed by atoms with E-state index in [2.05, 4.69) is 25.1 Å². The lowest BCUT2D eigenvalue weighted by Gasteiger charge is -2.13. The molecule has 3 aromatic rings. The molecule has 27 heavy (non-hydrogen) atoms. The molecule has 138 valence electrons. The Morgan fingerprint density at radius 1 is 0.889 bits per heavy atom. The number of benzene rings is 3. The molecule has 3 rings (SSSR count). The zero-order chi connectivity index (χ0) is 18.9. The van der Waals surface area contributed by atoms with Crippen molar-refractivity contribution in [3.63, 3.8) is 0 Å². The fraction of sp³-hybridized carbons (Fsp3) is 0.208. The van der Waals surface area contributed by atoms with Crippen molar-refractivity contribution in [3.05, 3.63) is 95.6 Å². The molecule has 0 fully saturated rings. The summed E-state index contributed by atoms with van der Waals surface area (Å²) in [5, 5.41) is 0. The summed E-state index contributed by atoms with van der Waals surface area (Å²) in [5.41, 5.74) is 3.26. The number of aliphatic imine (C=N–C) groups is 1. The van der Waals surface area contributed by atoms with Gasteiger partial charge in [-0.2, -0.15) is 0 Å². The minimum absolute atomic E-state index is 0.0154. The molecule has 0 radical (unpaired) electrons. The smallest absolute Gasteiger partial charge is 0.124 e. The van der Waals surface area contributed by atoms with Crippen LogP contribution in [0.15, 0.2) is 83.9 Å². The first-order valence-electron chi connectivity index (χ1n) is 9.28. The van der Waals surface area contributed by atoms with E-state index >= 15 is 0 Å². The average molecular weight is 359 g/mol. The summed E-state index contributed by atoms with van der Waals surface area (Å²) in [6, 6.07) is 26.2. The fourth-order valence-corrected chi connectivity index (χ4v) is 2.82.